The monoisotopic (exact) mass is 464 g/mol. The maximum atomic E-state index is 13.5. The number of carbonyl (C=O) groups is 2. The standard InChI is InChI=1S/C26H29ClN4O2/c27-21-11-9-19(10-12-21)24-25(33)31(26(29-24)13-3-1-4-14-26)18-23(32)30-16-6-7-20(17-30)22-8-2-5-15-28-22/h2,5,8-12,15,20H,1,3-4,6-7,13-14,16-18H2. The molecule has 172 valence electrons. The minimum Gasteiger partial charge on any atom is -0.340 e. The van der Waals surface area contributed by atoms with Crippen molar-refractivity contribution in [1.82, 2.24) is 14.8 Å². The van der Waals surface area contributed by atoms with Gasteiger partial charge in [-0.2, -0.15) is 0 Å². The lowest BCUT2D eigenvalue weighted by atomic mass is 9.88. The Morgan fingerprint density at radius 1 is 1.06 bits per heavy atom. The molecule has 6 nitrogen and oxygen atoms in total. The van der Waals surface area contributed by atoms with Gasteiger partial charge in [0.05, 0.1) is 0 Å². The van der Waals surface area contributed by atoms with Crippen LogP contribution in [0.25, 0.3) is 0 Å². The molecule has 2 fully saturated rings. The second-order valence-electron chi connectivity index (χ2n) is 9.34. The van der Waals surface area contributed by atoms with Crippen molar-refractivity contribution < 1.29 is 9.59 Å². The molecule has 3 heterocycles. The van der Waals surface area contributed by atoms with E-state index in [9.17, 15) is 9.59 Å². The SMILES string of the molecule is O=C(CN1C(=O)C(c2ccc(Cl)cc2)=NC12CCCCC2)N1CCCC(c2ccccn2)C1. The van der Waals surface area contributed by atoms with E-state index in [0.717, 1.165) is 62.7 Å². The van der Waals surface area contributed by atoms with Crippen LogP contribution in [0, 0.1) is 0 Å². The molecule has 33 heavy (non-hydrogen) atoms. The zero-order valence-electron chi connectivity index (χ0n) is 18.8. The van der Waals surface area contributed by atoms with Crippen LogP contribution < -0.4 is 0 Å². The van der Waals surface area contributed by atoms with Crippen molar-refractivity contribution in [1.29, 1.82) is 0 Å². The van der Waals surface area contributed by atoms with Gasteiger partial charge in [-0.25, -0.2) is 0 Å². The fourth-order valence-electron chi connectivity index (χ4n) is 5.45. The zero-order chi connectivity index (χ0) is 22.8. The Hall–Kier alpha value is -2.73. The first-order chi connectivity index (χ1) is 16.1. The summed E-state index contributed by atoms with van der Waals surface area (Å²) in [7, 11) is 0. The summed E-state index contributed by atoms with van der Waals surface area (Å²) in [5.41, 5.74) is 1.64. The predicted octanol–water partition coefficient (Wildman–Crippen LogP) is 4.43. The molecule has 0 bridgehead atoms. The number of carbonyl (C=O) groups excluding carboxylic acids is 2. The van der Waals surface area contributed by atoms with E-state index in [1.807, 2.05) is 41.4 Å². The second-order valence-corrected chi connectivity index (χ2v) is 9.77. The largest absolute Gasteiger partial charge is 0.340 e. The number of likely N-dealkylation sites (tertiary alicyclic amines) is 1. The number of nitrogens with zero attached hydrogens (tertiary/aromatic N) is 4. The van der Waals surface area contributed by atoms with Gasteiger partial charge in [-0.3, -0.25) is 19.6 Å². The zero-order valence-corrected chi connectivity index (χ0v) is 19.5. The van der Waals surface area contributed by atoms with Crippen molar-refractivity contribution in [3.05, 3.63) is 64.9 Å². The third-order valence-corrected chi connectivity index (χ3v) is 7.47. The van der Waals surface area contributed by atoms with Crippen molar-refractivity contribution >= 4 is 29.1 Å². The molecule has 1 atom stereocenters. The number of pyridine rings is 1. The van der Waals surface area contributed by atoms with Crippen LogP contribution in [0.3, 0.4) is 0 Å². The number of halogens is 1. The predicted molar refractivity (Wildman–Crippen MR) is 128 cm³/mol. The van der Waals surface area contributed by atoms with Crippen LogP contribution in [0.1, 0.15) is 62.1 Å². The van der Waals surface area contributed by atoms with Gasteiger partial charge in [-0.05, 0) is 62.8 Å². The molecule has 1 unspecified atom stereocenters. The molecule has 1 saturated heterocycles. The maximum Gasteiger partial charge on any atom is 0.275 e. The molecule has 1 aliphatic carbocycles. The lowest BCUT2D eigenvalue weighted by Gasteiger charge is -2.40. The highest BCUT2D eigenvalue weighted by atomic mass is 35.5. The Bertz CT molecular complexity index is 1050. The number of amides is 2. The van der Waals surface area contributed by atoms with Crippen molar-refractivity contribution in [3.8, 4) is 0 Å². The summed E-state index contributed by atoms with van der Waals surface area (Å²) in [5.74, 6) is 0.0926. The highest BCUT2D eigenvalue weighted by molar-refractivity contribution is 6.47. The number of hydrogen-bond donors (Lipinski definition) is 0. The average Bonchev–Trinajstić information content (AvgIpc) is 3.11. The lowest BCUT2D eigenvalue weighted by Crippen LogP contribution is -2.53. The van der Waals surface area contributed by atoms with E-state index < -0.39 is 5.66 Å². The van der Waals surface area contributed by atoms with E-state index in [2.05, 4.69) is 4.98 Å². The minimum absolute atomic E-state index is 0.00138. The third-order valence-electron chi connectivity index (χ3n) is 7.22. The normalized spacial score (nSPS) is 22.5. The number of hydrogen-bond acceptors (Lipinski definition) is 4. The minimum atomic E-state index is -0.601. The Balaban J connectivity index is 1.35. The smallest absolute Gasteiger partial charge is 0.275 e. The van der Waals surface area contributed by atoms with E-state index in [-0.39, 0.29) is 24.3 Å². The maximum absolute atomic E-state index is 13.5. The van der Waals surface area contributed by atoms with Gasteiger partial charge < -0.3 is 9.80 Å². The molecular formula is C26H29ClN4O2. The molecule has 0 radical (unpaired) electrons. The molecule has 1 saturated carbocycles. The first-order valence-corrected chi connectivity index (χ1v) is 12.3. The quantitative estimate of drug-likeness (QED) is 0.672. The number of aromatic nitrogens is 1. The summed E-state index contributed by atoms with van der Waals surface area (Å²) >= 11 is 6.05. The number of rotatable bonds is 4. The first-order valence-electron chi connectivity index (χ1n) is 11.9. The lowest BCUT2D eigenvalue weighted by molar-refractivity contribution is -0.142. The molecule has 2 aromatic rings. The topological polar surface area (TPSA) is 65.9 Å². The average molecular weight is 465 g/mol. The second kappa shape index (κ2) is 9.26. The molecule has 2 aliphatic heterocycles. The van der Waals surface area contributed by atoms with Gasteiger partial charge in [0.15, 0.2) is 0 Å². The molecule has 1 aromatic carbocycles. The van der Waals surface area contributed by atoms with E-state index in [1.54, 1.807) is 17.0 Å². The van der Waals surface area contributed by atoms with Crippen LogP contribution in [0.5, 0.6) is 0 Å². The summed E-state index contributed by atoms with van der Waals surface area (Å²) in [6.45, 7) is 1.45. The number of aliphatic imine (C=N–C) groups is 1. The van der Waals surface area contributed by atoms with Crippen molar-refractivity contribution in [2.75, 3.05) is 19.6 Å². The van der Waals surface area contributed by atoms with Gasteiger partial charge in [0.2, 0.25) is 5.91 Å². The highest BCUT2D eigenvalue weighted by Gasteiger charge is 2.48. The van der Waals surface area contributed by atoms with Crippen molar-refractivity contribution in [3.63, 3.8) is 0 Å². The molecule has 5 rings (SSSR count). The van der Waals surface area contributed by atoms with E-state index in [0.29, 0.717) is 17.3 Å². The molecule has 1 spiro atoms. The summed E-state index contributed by atoms with van der Waals surface area (Å²) in [6.07, 6.45) is 8.56. The molecule has 0 N–H and O–H groups in total. The van der Waals surface area contributed by atoms with Gasteiger partial charge in [0, 0.05) is 41.5 Å². The van der Waals surface area contributed by atoms with Gasteiger partial charge in [0.25, 0.3) is 5.91 Å². The fraction of sp³-hybridized carbons (Fsp3) is 0.462. The highest BCUT2D eigenvalue weighted by Crippen LogP contribution is 2.40. The Labute approximate surface area is 199 Å². The molecule has 2 amide bonds. The van der Waals surface area contributed by atoms with Gasteiger partial charge in [-0.15, -0.1) is 0 Å². The van der Waals surface area contributed by atoms with Crippen molar-refractivity contribution in [2.45, 2.75) is 56.5 Å². The van der Waals surface area contributed by atoms with Crippen LogP contribution in [-0.4, -0.2) is 57.6 Å². The van der Waals surface area contributed by atoms with E-state index >= 15 is 0 Å². The van der Waals surface area contributed by atoms with Crippen LogP contribution in [0.2, 0.25) is 5.02 Å². The van der Waals surface area contributed by atoms with E-state index in [4.69, 9.17) is 16.6 Å². The van der Waals surface area contributed by atoms with Crippen LogP contribution in [0.15, 0.2) is 53.7 Å². The van der Waals surface area contributed by atoms with E-state index in [1.165, 1.54) is 0 Å². The van der Waals surface area contributed by atoms with Gasteiger partial charge >= 0.3 is 0 Å². The molecule has 7 heteroatoms. The first kappa shape index (κ1) is 22.1. The number of benzene rings is 1. The summed E-state index contributed by atoms with van der Waals surface area (Å²) < 4.78 is 0. The summed E-state index contributed by atoms with van der Waals surface area (Å²) in [5, 5.41) is 0.622. The van der Waals surface area contributed by atoms with Crippen molar-refractivity contribution in [2.24, 2.45) is 4.99 Å². The van der Waals surface area contributed by atoms with Crippen LogP contribution >= 0.6 is 11.6 Å². The summed E-state index contributed by atoms with van der Waals surface area (Å²) in [4.78, 5) is 40.1. The Morgan fingerprint density at radius 2 is 1.85 bits per heavy atom. The third kappa shape index (κ3) is 4.41. The Kier molecular flexibility index (Phi) is 6.19. The Morgan fingerprint density at radius 3 is 2.58 bits per heavy atom. The van der Waals surface area contributed by atoms with Crippen LogP contribution in [-0.2, 0) is 9.59 Å². The van der Waals surface area contributed by atoms with Crippen LogP contribution in [0.4, 0.5) is 0 Å². The molecular weight excluding hydrogens is 436 g/mol. The fourth-order valence-corrected chi connectivity index (χ4v) is 5.57. The van der Waals surface area contributed by atoms with Gasteiger partial charge in [-0.1, -0.05) is 36.2 Å². The van der Waals surface area contributed by atoms with Gasteiger partial charge in [0.1, 0.15) is 17.9 Å². The molecule has 1 aromatic heterocycles. The summed E-state index contributed by atoms with van der Waals surface area (Å²) in [6, 6.07) is 13.2. The number of piperidine rings is 1. The molecule has 3 aliphatic rings.